The van der Waals surface area contributed by atoms with E-state index in [1.807, 2.05) is 6.07 Å². The largest absolute Gasteiger partial charge is 0.508 e. The van der Waals surface area contributed by atoms with Gasteiger partial charge in [-0.05, 0) is 36.5 Å². The van der Waals surface area contributed by atoms with Crippen molar-refractivity contribution in [1.29, 1.82) is 0 Å². The molecule has 78 valence electrons. The smallest absolute Gasteiger partial charge is 0.119 e. The first-order chi connectivity index (χ1) is 6.79. The minimum Gasteiger partial charge on any atom is -0.508 e. The van der Waals surface area contributed by atoms with Gasteiger partial charge in [0.05, 0.1) is 0 Å². The zero-order valence-electron chi connectivity index (χ0n) is 9.21. The van der Waals surface area contributed by atoms with Crippen molar-refractivity contribution in [1.82, 2.24) is 0 Å². The first-order valence-electron chi connectivity index (χ1n) is 5.59. The lowest BCUT2D eigenvalue weighted by Crippen LogP contribution is -1.93. The van der Waals surface area contributed by atoms with Crippen LogP contribution in [0.15, 0.2) is 18.2 Å². The maximum Gasteiger partial charge on any atom is 0.119 e. The molecule has 1 aromatic carbocycles. The molecule has 0 aromatic heterocycles. The number of phenols is 1. The fourth-order valence-electron chi connectivity index (χ4n) is 1.79. The van der Waals surface area contributed by atoms with E-state index in [-0.39, 0.29) is 0 Å². The molecular formula is C13H20O. The van der Waals surface area contributed by atoms with Crippen LogP contribution in [0.2, 0.25) is 0 Å². The third-order valence-corrected chi connectivity index (χ3v) is 2.66. The Morgan fingerprint density at radius 3 is 2.57 bits per heavy atom. The van der Waals surface area contributed by atoms with E-state index in [1.54, 1.807) is 6.07 Å². The highest BCUT2D eigenvalue weighted by molar-refractivity contribution is 5.39. The van der Waals surface area contributed by atoms with Crippen LogP contribution in [0.4, 0.5) is 0 Å². The van der Waals surface area contributed by atoms with Gasteiger partial charge in [0, 0.05) is 0 Å². The third-order valence-electron chi connectivity index (χ3n) is 2.66. The quantitative estimate of drug-likeness (QED) is 0.705. The zero-order valence-corrected chi connectivity index (χ0v) is 9.21. The number of rotatable bonds is 5. The van der Waals surface area contributed by atoms with Crippen LogP contribution in [0.1, 0.15) is 44.2 Å². The summed E-state index contributed by atoms with van der Waals surface area (Å²) in [5.74, 6) is 0.473. The molecule has 0 fully saturated rings. The molecule has 0 amide bonds. The van der Waals surface area contributed by atoms with Gasteiger partial charge in [-0.3, -0.25) is 0 Å². The average molecular weight is 192 g/mol. The second-order valence-corrected chi connectivity index (χ2v) is 3.73. The number of aryl methyl sites for hydroxylation is 1. The highest BCUT2D eigenvalue weighted by Crippen LogP contribution is 2.23. The van der Waals surface area contributed by atoms with Crippen LogP contribution in [-0.4, -0.2) is 5.11 Å². The van der Waals surface area contributed by atoms with Crippen molar-refractivity contribution < 1.29 is 5.11 Å². The van der Waals surface area contributed by atoms with Crippen molar-refractivity contribution in [2.45, 2.75) is 46.0 Å². The number of benzene rings is 1. The molecular weight excluding hydrogens is 172 g/mol. The van der Waals surface area contributed by atoms with Gasteiger partial charge in [-0.25, -0.2) is 0 Å². The fraction of sp³-hybridized carbons (Fsp3) is 0.538. The summed E-state index contributed by atoms with van der Waals surface area (Å²) in [6.45, 7) is 4.34. The molecule has 0 aliphatic heterocycles. The summed E-state index contributed by atoms with van der Waals surface area (Å²) >= 11 is 0. The molecule has 1 rings (SSSR count). The number of aromatic hydroxyl groups is 1. The van der Waals surface area contributed by atoms with Gasteiger partial charge in [0.15, 0.2) is 0 Å². The van der Waals surface area contributed by atoms with Crippen molar-refractivity contribution >= 4 is 0 Å². The first-order valence-corrected chi connectivity index (χ1v) is 5.59. The minimum atomic E-state index is 0.473. The van der Waals surface area contributed by atoms with Crippen LogP contribution in [0.5, 0.6) is 5.75 Å². The van der Waals surface area contributed by atoms with Crippen molar-refractivity contribution in [3.63, 3.8) is 0 Å². The number of unbranched alkanes of at least 4 members (excludes halogenated alkanes) is 2. The molecule has 0 saturated carbocycles. The average Bonchev–Trinajstić information content (AvgIpc) is 2.20. The highest BCUT2D eigenvalue weighted by atomic mass is 16.3. The van der Waals surface area contributed by atoms with Gasteiger partial charge in [0.1, 0.15) is 5.75 Å². The Morgan fingerprint density at radius 1 is 1.14 bits per heavy atom. The topological polar surface area (TPSA) is 20.2 Å². The maximum absolute atomic E-state index is 9.72. The molecule has 14 heavy (non-hydrogen) atoms. The maximum atomic E-state index is 9.72. The molecule has 0 radical (unpaired) electrons. The molecule has 0 heterocycles. The van der Waals surface area contributed by atoms with Gasteiger partial charge in [-0.15, -0.1) is 0 Å². The molecule has 0 unspecified atom stereocenters. The Kier molecular flexibility index (Phi) is 4.51. The van der Waals surface area contributed by atoms with Crippen LogP contribution in [0, 0.1) is 0 Å². The summed E-state index contributed by atoms with van der Waals surface area (Å²) in [7, 11) is 0. The van der Waals surface area contributed by atoms with Crippen molar-refractivity contribution in [2.24, 2.45) is 0 Å². The van der Waals surface area contributed by atoms with Crippen molar-refractivity contribution in [3.05, 3.63) is 29.3 Å². The lowest BCUT2D eigenvalue weighted by Gasteiger charge is -2.09. The Balaban J connectivity index is 2.72. The van der Waals surface area contributed by atoms with E-state index in [4.69, 9.17) is 0 Å². The van der Waals surface area contributed by atoms with E-state index < -0.39 is 0 Å². The zero-order chi connectivity index (χ0) is 10.4. The second kappa shape index (κ2) is 5.69. The molecule has 0 aliphatic carbocycles. The van der Waals surface area contributed by atoms with E-state index in [9.17, 15) is 5.11 Å². The molecule has 0 bridgehead atoms. The van der Waals surface area contributed by atoms with Crippen LogP contribution in [-0.2, 0) is 12.8 Å². The standard InChI is InChI=1S/C13H20O/c1-3-5-6-9-12-11(4-2)8-7-10-13(12)14/h7-8,10,14H,3-6,9H2,1-2H3. The predicted octanol–water partition coefficient (Wildman–Crippen LogP) is 3.69. The molecule has 0 saturated heterocycles. The summed E-state index contributed by atoms with van der Waals surface area (Å²) < 4.78 is 0. The molecule has 0 aliphatic rings. The molecule has 0 atom stereocenters. The Hall–Kier alpha value is -0.980. The summed E-state index contributed by atoms with van der Waals surface area (Å²) in [6, 6.07) is 5.83. The summed E-state index contributed by atoms with van der Waals surface area (Å²) in [5, 5.41) is 9.72. The Morgan fingerprint density at radius 2 is 1.93 bits per heavy atom. The lowest BCUT2D eigenvalue weighted by atomic mass is 9.99. The molecule has 1 heteroatoms. The van der Waals surface area contributed by atoms with Crippen LogP contribution >= 0.6 is 0 Å². The highest BCUT2D eigenvalue weighted by Gasteiger charge is 2.05. The van der Waals surface area contributed by atoms with E-state index in [2.05, 4.69) is 19.9 Å². The molecule has 0 spiro atoms. The summed E-state index contributed by atoms with van der Waals surface area (Å²) in [5.41, 5.74) is 2.45. The summed E-state index contributed by atoms with van der Waals surface area (Å²) in [6.07, 6.45) is 5.69. The molecule has 1 aromatic rings. The second-order valence-electron chi connectivity index (χ2n) is 3.73. The van der Waals surface area contributed by atoms with Gasteiger partial charge in [-0.2, -0.15) is 0 Å². The van der Waals surface area contributed by atoms with Gasteiger partial charge in [-0.1, -0.05) is 38.8 Å². The Bertz CT molecular complexity index is 279. The molecule has 1 N–H and O–H groups in total. The van der Waals surface area contributed by atoms with Crippen LogP contribution in [0.25, 0.3) is 0 Å². The van der Waals surface area contributed by atoms with Crippen molar-refractivity contribution in [2.75, 3.05) is 0 Å². The SMILES string of the molecule is CCCCCc1c(O)cccc1CC. The van der Waals surface area contributed by atoms with Gasteiger partial charge < -0.3 is 5.11 Å². The van der Waals surface area contributed by atoms with Crippen molar-refractivity contribution in [3.8, 4) is 5.75 Å². The normalized spacial score (nSPS) is 10.4. The van der Waals surface area contributed by atoms with E-state index in [1.165, 1.54) is 24.8 Å². The third kappa shape index (κ3) is 2.76. The monoisotopic (exact) mass is 192 g/mol. The summed E-state index contributed by atoms with van der Waals surface area (Å²) in [4.78, 5) is 0. The van der Waals surface area contributed by atoms with Crippen LogP contribution in [0.3, 0.4) is 0 Å². The predicted molar refractivity (Wildman–Crippen MR) is 60.7 cm³/mol. The first kappa shape index (κ1) is 11.1. The number of hydrogen-bond donors (Lipinski definition) is 1. The van der Waals surface area contributed by atoms with Gasteiger partial charge in [0.2, 0.25) is 0 Å². The number of phenolic OH excluding ortho intramolecular Hbond substituents is 1. The fourth-order valence-corrected chi connectivity index (χ4v) is 1.79. The van der Waals surface area contributed by atoms with Crippen LogP contribution < -0.4 is 0 Å². The van der Waals surface area contributed by atoms with Gasteiger partial charge in [0.25, 0.3) is 0 Å². The lowest BCUT2D eigenvalue weighted by molar-refractivity contribution is 0.465. The Labute approximate surface area is 86.8 Å². The van der Waals surface area contributed by atoms with E-state index >= 15 is 0 Å². The number of hydrogen-bond acceptors (Lipinski definition) is 1. The minimum absolute atomic E-state index is 0.473. The van der Waals surface area contributed by atoms with Gasteiger partial charge >= 0.3 is 0 Å². The van der Waals surface area contributed by atoms with E-state index in [0.29, 0.717) is 5.75 Å². The molecule has 1 nitrogen and oxygen atoms in total. The van der Waals surface area contributed by atoms with E-state index in [0.717, 1.165) is 18.4 Å².